The Morgan fingerprint density at radius 2 is 1.55 bits per heavy atom. The molecule has 2 N–H and O–H groups in total. The fourth-order valence-corrected chi connectivity index (χ4v) is 1.37. The molecule has 112 valence electrons. The fourth-order valence-electron chi connectivity index (χ4n) is 1.37. The maximum atomic E-state index is 13.4. The second-order valence-electron chi connectivity index (χ2n) is 5.30. The van der Waals surface area contributed by atoms with Crippen molar-refractivity contribution >= 4 is 11.6 Å². The van der Waals surface area contributed by atoms with Crippen LogP contribution in [0.15, 0.2) is 0 Å². The number of nitrogens with zero attached hydrogens (tertiary/aromatic N) is 1. The first kappa shape index (κ1) is 16.2. The second-order valence-corrected chi connectivity index (χ2v) is 5.30. The summed E-state index contributed by atoms with van der Waals surface area (Å²) in [6.07, 6.45) is 0. The van der Waals surface area contributed by atoms with Crippen LogP contribution in [0.5, 0.6) is 0 Å². The maximum Gasteiger partial charge on any atom is 0.253 e. The van der Waals surface area contributed by atoms with Gasteiger partial charge in [0.15, 0.2) is 0 Å². The summed E-state index contributed by atoms with van der Waals surface area (Å²) < 4.78 is 52.6. The van der Waals surface area contributed by atoms with Crippen molar-refractivity contribution in [2.45, 2.75) is 39.3 Å². The number of pyridine rings is 1. The van der Waals surface area contributed by atoms with Crippen LogP contribution < -0.4 is 10.6 Å². The molecule has 1 aromatic heterocycles. The third-order valence-corrected chi connectivity index (χ3v) is 2.25. The van der Waals surface area contributed by atoms with E-state index in [4.69, 9.17) is 0 Å². The SMILES string of the molecule is CC(Nc1c(F)c(F)nc(F)c1F)C(=O)NC(C)(C)C. The highest BCUT2D eigenvalue weighted by atomic mass is 19.2. The van der Waals surface area contributed by atoms with Gasteiger partial charge in [0.25, 0.3) is 11.9 Å². The monoisotopic (exact) mass is 293 g/mol. The Labute approximate surface area is 113 Å². The van der Waals surface area contributed by atoms with Crippen molar-refractivity contribution in [3.05, 3.63) is 23.5 Å². The molecule has 8 heteroatoms. The topological polar surface area (TPSA) is 54.0 Å². The first-order valence-electron chi connectivity index (χ1n) is 5.81. The van der Waals surface area contributed by atoms with Gasteiger partial charge in [-0.25, -0.2) is 0 Å². The minimum atomic E-state index is -1.78. The van der Waals surface area contributed by atoms with Gasteiger partial charge in [-0.2, -0.15) is 22.5 Å². The van der Waals surface area contributed by atoms with Gasteiger partial charge in [0.2, 0.25) is 17.5 Å². The Bertz CT molecular complexity index is 502. The molecule has 1 atom stereocenters. The van der Waals surface area contributed by atoms with Crippen molar-refractivity contribution in [1.29, 1.82) is 0 Å². The fraction of sp³-hybridized carbons (Fsp3) is 0.500. The molecule has 1 rings (SSSR count). The number of aromatic nitrogens is 1. The van der Waals surface area contributed by atoms with Gasteiger partial charge < -0.3 is 10.6 Å². The van der Waals surface area contributed by atoms with Crippen molar-refractivity contribution < 1.29 is 22.4 Å². The van der Waals surface area contributed by atoms with Crippen LogP contribution in [0.25, 0.3) is 0 Å². The number of halogens is 4. The molecule has 1 amide bonds. The molecule has 20 heavy (non-hydrogen) atoms. The van der Waals surface area contributed by atoms with Crippen LogP contribution in [0.1, 0.15) is 27.7 Å². The predicted octanol–water partition coefficient (Wildman–Crippen LogP) is 2.35. The highest BCUT2D eigenvalue weighted by molar-refractivity contribution is 5.84. The zero-order valence-electron chi connectivity index (χ0n) is 11.4. The number of amides is 1. The Morgan fingerprint density at radius 1 is 1.10 bits per heavy atom. The van der Waals surface area contributed by atoms with Gasteiger partial charge in [0.05, 0.1) is 0 Å². The molecule has 4 nitrogen and oxygen atoms in total. The smallest absolute Gasteiger partial charge is 0.253 e. The summed E-state index contributed by atoms with van der Waals surface area (Å²) in [5.41, 5.74) is -1.62. The third kappa shape index (κ3) is 3.82. The maximum absolute atomic E-state index is 13.4. The molecule has 1 heterocycles. The van der Waals surface area contributed by atoms with Gasteiger partial charge >= 0.3 is 0 Å². The molecule has 0 radical (unpaired) electrons. The number of rotatable bonds is 3. The Kier molecular flexibility index (Phi) is 4.57. The van der Waals surface area contributed by atoms with Gasteiger partial charge in [-0.05, 0) is 27.7 Å². The van der Waals surface area contributed by atoms with Gasteiger partial charge in [-0.15, -0.1) is 0 Å². The molecule has 0 fully saturated rings. The molecule has 0 saturated heterocycles. The molecular weight excluding hydrogens is 278 g/mol. The summed E-state index contributed by atoms with van der Waals surface area (Å²) in [5, 5.41) is 4.66. The molecule has 1 unspecified atom stereocenters. The number of carbonyl (C=O) groups is 1. The summed E-state index contributed by atoms with van der Waals surface area (Å²) in [5.74, 6) is -7.50. The minimum absolute atomic E-state index is 0.557. The van der Waals surface area contributed by atoms with Gasteiger partial charge in [-0.1, -0.05) is 0 Å². The number of carbonyl (C=O) groups excluding carboxylic acids is 1. The second kappa shape index (κ2) is 5.64. The van der Waals surface area contributed by atoms with Gasteiger partial charge in [0.1, 0.15) is 11.7 Å². The average Bonchev–Trinajstić information content (AvgIpc) is 2.29. The lowest BCUT2D eigenvalue weighted by molar-refractivity contribution is -0.122. The molecule has 1 aromatic rings. The Hall–Kier alpha value is -1.86. The largest absolute Gasteiger partial charge is 0.369 e. The van der Waals surface area contributed by atoms with Crippen LogP contribution >= 0.6 is 0 Å². The van der Waals surface area contributed by atoms with E-state index in [1.165, 1.54) is 6.92 Å². The normalized spacial score (nSPS) is 13.0. The van der Waals surface area contributed by atoms with E-state index in [9.17, 15) is 22.4 Å². The molecular formula is C12H15F4N3O. The van der Waals surface area contributed by atoms with Crippen LogP contribution in [0.3, 0.4) is 0 Å². The number of hydrogen-bond donors (Lipinski definition) is 2. The van der Waals surface area contributed by atoms with E-state index < -0.39 is 46.7 Å². The molecule has 0 bridgehead atoms. The lowest BCUT2D eigenvalue weighted by Crippen LogP contribution is -2.47. The van der Waals surface area contributed by atoms with E-state index in [0.717, 1.165) is 0 Å². The minimum Gasteiger partial charge on any atom is -0.369 e. The number of anilines is 1. The van der Waals surface area contributed by atoms with E-state index in [-0.39, 0.29) is 0 Å². The first-order chi connectivity index (χ1) is 9.03. The summed E-state index contributed by atoms with van der Waals surface area (Å²) in [4.78, 5) is 14.2. The molecule has 0 spiro atoms. The van der Waals surface area contributed by atoms with Crippen molar-refractivity contribution in [2.24, 2.45) is 0 Å². The van der Waals surface area contributed by atoms with E-state index in [0.29, 0.717) is 0 Å². The lowest BCUT2D eigenvalue weighted by Gasteiger charge is -2.24. The van der Waals surface area contributed by atoms with Crippen LogP contribution in [0.4, 0.5) is 23.2 Å². The summed E-state index contributed by atoms with van der Waals surface area (Å²) >= 11 is 0. The van der Waals surface area contributed by atoms with E-state index in [2.05, 4.69) is 15.6 Å². The summed E-state index contributed by atoms with van der Waals surface area (Å²) in [7, 11) is 0. The molecule has 0 aliphatic rings. The highest BCUT2D eigenvalue weighted by Gasteiger charge is 2.25. The van der Waals surface area contributed by atoms with E-state index in [1.54, 1.807) is 20.8 Å². The average molecular weight is 293 g/mol. The Morgan fingerprint density at radius 3 is 1.95 bits per heavy atom. The molecule has 0 aliphatic carbocycles. The van der Waals surface area contributed by atoms with Crippen molar-refractivity contribution in [2.75, 3.05) is 5.32 Å². The van der Waals surface area contributed by atoms with Crippen molar-refractivity contribution in [3.63, 3.8) is 0 Å². The zero-order valence-corrected chi connectivity index (χ0v) is 11.4. The van der Waals surface area contributed by atoms with Crippen molar-refractivity contribution in [1.82, 2.24) is 10.3 Å². The standard InChI is InChI=1S/C12H15F4N3O/c1-5(11(20)19-12(2,3)4)17-8-6(13)9(15)18-10(16)7(8)14/h5H,1-4H3,(H,17,18)(H,19,20). The highest BCUT2D eigenvalue weighted by Crippen LogP contribution is 2.22. The van der Waals surface area contributed by atoms with E-state index >= 15 is 0 Å². The first-order valence-corrected chi connectivity index (χ1v) is 5.81. The van der Waals surface area contributed by atoms with Gasteiger partial charge in [0, 0.05) is 5.54 Å². The lowest BCUT2D eigenvalue weighted by atomic mass is 10.1. The zero-order chi connectivity index (χ0) is 15.7. The molecule has 0 aliphatic heterocycles. The quantitative estimate of drug-likeness (QED) is 0.664. The van der Waals surface area contributed by atoms with Crippen LogP contribution in [-0.2, 0) is 4.79 Å². The third-order valence-electron chi connectivity index (χ3n) is 2.25. The van der Waals surface area contributed by atoms with Crippen LogP contribution in [-0.4, -0.2) is 22.5 Å². The summed E-state index contributed by atoms with van der Waals surface area (Å²) in [6.45, 7) is 6.44. The van der Waals surface area contributed by atoms with Gasteiger partial charge in [-0.3, -0.25) is 4.79 Å². The molecule has 0 saturated carbocycles. The van der Waals surface area contributed by atoms with Crippen molar-refractivity contribution in [3.8, 4) is 0 Å². The Balaban J connectivity index is 2.97. The molecule has 0 aromatic carbocycles. The summed E-state index contributed by atoms with van der Waals surface area (Å²) in [6, 6.07) is -1.10. The van der Waals surface area contributed by atoms with Crippen LogP contribution in [0, 0.1) is 23.5 Å². The number of hydrogen-bond acceptors (Lipinski definition) is 3. The number of nitrogens with one attached hydrogen (secondary N) is 2. The van der Waals surface area contributed by atoms with E-state index in [1.807, 2.05) is 0 Å². The predicted molar refractivity (Wildman–Crippen MR) is 65.0 cm³/mol. The van der Waals surface area contributed by atoms with Crippen LogP contribution in [0.2, 0.25) is 0 Å².